The molecule has 2 unspecified atom stereocenters. The van der Waals surface area contributed by atoms with E-state index in [1.54, 1.807) is 0 Å². The van der Waals surface area contributed by atoms with Crippen LogP contribution < -0.4 is 10.6 Å². The van der Waals surface area contributed by atoms with Gasteiger partial charge < -0.3 is 15.2 Å². The predicted molar refractivity (Wildman–Crippen MR) is 104 cm³/mol. The number of fused-ring (bicyclic) bond motifs is 2. The lowest BCUT2D eigenvalue weighted by Crippen LogP contribution is -2.48. The highest BCUT2D eigenvalue weighted by Gasteiger charge is 2.34. The van der Waals surface area contributed by atoms with Crippen LogP contribution in [0.1, 0.15) is 85.6 Å². The van der Waals surface area contributed by atoms with Crippen LogP contribution >= 0.6 is 12.4 Å². The molecular weight excluding hydrogens is 334 g/mol. The number of halogens is 1. The minimum Gasteiger partial charge on any atom is -0.349 e. The Morgan fingerprint density at radius 1 is 1.08 bits per heavy atom. The van der Waals surface area contributed by atoms with Crippen molar-refractivity contribution in [1.29, 1.82) is 0 Å². The molecule has 3 heterocycles. The van der Waals surface area contributed by atoms with Crippen molar-refractivity contribution in [3.63, 3.8) is 0 Å². The van der Waals surface area contributed by atoms with Crippen LogP contribution in [0.4, 0.5) is 0 Å². The largest absolute Gasteiger partial charge is 0.349 e. The van der Waals surface area contributed by atoms with Gasteiger partial charge in [-0.15, -0.1) is 12.4 Å². The quantitative estimate of drug-likeness (QED) is 0.848. The Kier molecular flexibility index (Phi) is 5.79. The molecule has 0 aromatic carbocycles. The van der Waals surface area contributed by atoms with Gasteiger partial charge in [-0.05, 0) is 58.4 Å². The van der Waals surface area contributed by atoms with Crippen LogP contribution in [-0.4, -0.2) is 28.6 Å². The molecule has 0 radical (unpaired) electrons. The summed E-state index contributed by atoms with van der Waals surface area (Å²) in [7, 11) is 0. The molecule has 2 bridgehead atoms. The van der Waals surface area contributed by atoms with Crippen molar-refractivity contribution in [3.05, 3.63) is 23.0 Å². The Hall–Kier alpha value is -1.000. The van der Waals surface area contributed by atoms with E-state index < -0.39 is 0 Å². The van der Waals surface area contributed by atoms with E-state index in [-0.39, 0.29) is 18.3 Å². The number of aromatic nitrogens is 1. The number of nitrogens with zero attached hydrogens (tertiary/aromatic N) is 1. The topological polar surface area (TPSA) is 46.1 Å². The van der Waals surface area contributed by atoms with Crippen LogP contribution in [0.5, 0.6) is 0 Å². The molecule has 1 aliphatic carbocycles. The van der Waals surface area contributed by atoms with Crippen LogP contribution in [0.3, 0.4) is 0 Å². The number of carbonyl (C=O) groups excluding carboxylic acids is 1. The van der Waals surface area contributed by atoms with E-state index in [0.29, 0.717) is 24.2 Å². The molecule has 2 aliphatic heterocycles. The number of piperidine rings is 1. The minimum atomic E-state index is 0. The highest BCUT2D eigenvalue weighted by molar-refractivity contribution is 5.96. The fourth-order valence-corrected chi connectivity index (χ4v) is 5.35. The van der Waals surface area contributed by atoms with Crippen molar-refractivity contribution in [2.24, 2.45) is 0 Å². The number of hydrogen-bond acceptors (Lipinski definition) is 2. The maximum Gasteiger partial charge on any atom is 0.253 e. The number of carbonyl (C=O) groups is 1. The van der Waals surface area contributed by atoms with Crippen molar-refractivity contribution in [1.82, 2.24) is 15.2 Å². The van der Waals surface area contributed by atoms with Gasteiger partial charge in [-0.3, -0.25) is 4.79 Å². The molecule has 1 aromatic rings. The van der Waals surface area contributed by atoms with Gasteiger partial charge in [0.2, 0.25) is 0 Å². The lowest BCUT2D eigenvalue weighted by atomic mass is 9.95. The minimum absolute atomic E-state index is 0. The number of nitrogens with one attached hydrogen (secondary N) is 2. The molecule has 3 fully saturated rings. The van der Waals surface area contributed by atoms with E-state index in [4.69, 9.17) is 0 Å². The van der Waals surface area contributed by atoms with E-state index in [2.05, 4.69) is 35.1 Å². The molecule has 3 aliphatic rings. The smallest absolute Gasteiger partial charge is 0.253 e. The Balaban J connectivity index is 0.00000182. The lowest BCUT2D eigenvalue weighted by Gasteiger charge is -2.29. The molecule has 1 aromatic heterocycles. The molecule has 1 saturated carbocycles. The Labute approximate surface area is 157 Å². The van der Waals surface area contributed by atoms with Gasteiger partial charge in [0.25, 0.3) is 5.91 Å². The van der Waals surface area contributed by atoms with Crippen LogP contribution in [0.25, 0.3) is 0 Å². The van der Waals surface area contributed by atoms with Crippen LogP contribution in [0, 0.1) is 13.8 Å². The van der Waals surface area contributed by atoms with Gasteiger partial charge in [0.1, 0.15) is 0 Å². The number of amides is 1. The van der Waals surface area contributed by atoms with Crippen molar-refractivity contribution >= 4 is 18.3 Å². The van der Waals surface area contributed by atoms with Crippen molar-refractivity contribution < 1.29 is 4.79 Å². The number of hydrogen-bond donors (Lipinski definition) is 2. The summed E-state index contributed by atoms with van der Waals surface area (Å²) in [4.78, 5) is 12.9. The third kappa shape index (κ3) is 3.75. The molecular formula is C20H32ClN3O. The van der Waals surface area contributed by atoms with Gasteiger partial charge in [0.05, 0.1) is 5.56 Å². The zero-order chi connectivity index (χ0) is 16.7. The Bertz CT molecular complexity index is 609. The van der Waals surface area contributed by atoms with E-state index in [1.165, 1.54) is 50.6 Å². The van der Waals surface area contributed by atoms with Crippen LogP contribution in [0.15, 0.2) is 6.07 Å². The SMILES string of the molecule is Cc1cc(C(=O)NC2CC3CCC(C2)N3)c(C)n1C1CCCCC1.Cl. The Morgan fingerprint density at radius 3 is 2.36 bits per heavy atom. The summed E-state index contributed by atoms with van der Waals surface area (Å²) in [5.41, 5.74) is 3.30. The molecule has 25 heavy (non-hydrogen) atoms. The lowest BCUT2D eigenvalue weighted by molar-refractivity contribution is 0.0923. The Morgan fingerprint density at radius 2 is 1.72 bits per heavy atom. The van der Waals surface area contributed by atoms with Crippen molar-refractivity contribution in [2.45, 2.75) is 95.8 Å². The third-order valence-corrected chi connectivity index (χ3v) is 6.48. The van der Waals surface area contributed by atoms with Crippen molar-refractivity contribution in [2.75, 3.05) is 0 Å². The summed E-state index contributed by atoms with van der Waals surface area (Å²) in [6.45, 7) is 4.28. The molecule has 2 N–H and O–H groups in total. The first-order chi connectivity index (χ1) is 11.6. The zero-order valence-corrected chi connectivity index (χ0v) is 16.3. The third-order valence-electron chi connectivity index (χ3n) is 6.48. The number of rotatable bonds is 3. The molecule has 5 heteroatoms. The van der Waals surface area contributed by atoms with Crippen molar-refractivity contribution in [3.8, 4) is 0 Å². The standard InChI is InChI=1S/C20H31N3O.ClH/c1-13-10-19(14(2)23(13)18-6-4-3-5-7-18)20(24)22-17-11-15-8-9-16(12-17)21-15;/h10,15-18,21H,3-9,11-12H2,1-2H3,(H,22,24);1H. The maximum atomic E-state index is 12.9. The summed E-state index contributed by atoms with van der Waals surface area (Å²) in [6.07, 6.45) is 11.2. The van der Waals surface area contributed by atoms with Gasteiger partial charge in [-0.25, -0.2) is 0 Å². The summed E-state index contributed by atoms with van der Waals surface area (Å²) >= 11 is 0. The summed E-state index contributed by atoms with van der Waals surface area (Å²) in [5.74, 6) is 0.136. The number of aryl methyl sites for hydroxylation is 1. The average molecular weight is 366 g/mol. The fourth-order valence-electron chi connectivity index (χ4n) is 5.35. The molecule has 2 atom stereocenters. The first-order valence-corrected chi connectivity index (χ1v) is 9.87. The molecule has 140 valence electrons. The molecule has 4 rings (SSSR count). The van der Waals surface area contributed by atoms with Gasteiger partial charge in [0.15, 0.2) is 0 Å². The first kappa shape index (κ1) is 18.8. The molecule has 4 nitrogen and oxygen atoms in total. The predicted octanol–water partition coefficient (Wildman–Crippen LogP) is 4.04. The summed E-state index contributed by atoms with van der Waals surface area (Å²) < 4.78 is 2.43. The van der Waals surface area contributed by atoms with Crippen LogP contribution in [-0.2, 0) is 0 Å². The second-order valence-corrected chi connectivity index (χ2v) is 8.23. The summed E-state index contributed by atoms with van der Waals surface area (Å²) in [5, 5.41) is 6.97. The normalized spacial score (nSPS) is 29.3. The molecule has 0 spiro atoms. The molecule has 2 saturated heterocycles. The second-order valence-electron chi connectivity index (χ2n) is 8.23. The second kappa shape index (κ2) is 7.71. The van der Waals surface area contributed by atoms with E-state index in [1.807, 2.05) is 0 Å². The average Bonchev–Trinajstić information content (AvgIpc) is 3.07. The monoisotopic (exact) mass is 365 g/mol. The van der Waals surface area contributed by atoms with Gasteiger partial charge >= 0.3 is 0 Å². The zero-order valence-electron chi connectivity index (χ0n) is 15.5. The fraction of sp³-hybridized carbons (Fsp3) is 0.750. The van der Waals surface area contributed by atoms with E-state index in [9.17, 15) is 4.79 Å². The molecule has 1 amide bonds. The highest BCUT2D eigenvalue weighted by atomic mass is 35.5. The van der Waals surface area contributed by atoms with E-state index in [0.717, 1.165) is 24.1 Å². The van der Waals surface area contributed by atoms with E-state index >= 15 is 0 Å². The van der Waals surface area contributed by atoms with Gasteiger partial charge in [-0.2, -0.15) is 0 Å². The van der Waals surface area contributed by atoms with Gasteiger partial charge in [-0.1, -0.05) is 19.3 Å². The summed E-state index contributed by atoms with van der Waals surface area (Å²) in [6, 6.07) is 4.27. The van der Waals surface area contributed by atoms with Gasteiger partial charge in [0, 0.05) is 35.6 Å². The highest BCUT2D eigenvalue weighted by Crippen LogP contribution is 2.32. The van der Waals surface area contributed by atoms with Crippen LogP contribution in [0.2, 0.25) is 0 Å². The first-order valence-electron chi connectivity index (χ1n) is 9.87. The maximum absolute atomic E-state index is 12.9.